The minimum atomic E-state index is 0.0490. The quantitative estimate of drug-likeness (QED) is 0.652. The van der Waals surface area contributed by atoms with Crippen LogP contribution in [0.2, 0.25) is 0 Å². The van der Waals surface area contributed by atoms with Gasteiger partial charge in [-0.2, -0.15) is 0 Å². The number of hydrogen-bond acceptors (Lipinski definition) is 6. The largest absolute Gasteiger partial charge is 0.343 e. The summed E-state index contributed by atoms with van der Waals surface area (Å²) in [5.41, 5.74) is 0. The molecule has 1 amide bonds. The molecule has 0 spiro atoms. The first-order valence-electron chi connectivity index (χ1n) is 9.47. The number of piperidine rings is 1. The maximum atomic E-state index is 12.5. The molecule has 0 radical (unpaired) electrons. The monoisotopic (exact) mass is 351 g/mol. The van der Waals surface area contributed by atoms with Crippen LogP contribution < -0.4 is 0 Å². The Balaban J connectivity index is 1.83. The van der Waals surface area contributed by atoms with Crippen molar-refractivity contribution in [2.75, 3.05) is 46.3 Å². The summed E-state index contributed by atoms with van der Waals surface area (Å²) in [5.74, 6) is 1.63. The van der Waals surface area contributed by atoms with Gasteiger partial charge in [-0.1, -0.05) is 20.8 Å². The summed E-state index contributed by atoms with van der Waals surface area (Å²) in [7, 11) is 1.85. The molecule has 0 unspecified atom stereocenters. The molecule has 0 aliphatic carbocycles. The molecule has 1 aromatic rings. The molecular weight excluding hydrogens is 318 g/mol. The zero-order valence-corrected chi connectivity index (χ0v) is 16.2. The van der Waals surface area contributed by atoms with Crippen LogP contribution in [0.1, 0.15) is 39.4 Å². The Labute approximate surface area is 151 Å². The molecule has 25 heavy (non-hydrogen) atoms. The highest BCUT2D eigenvalue weighted by atomic mass is 16.2. The highest BCUT2D eigenvalue weighted by molar-refractivity contribution is 5.75. The van der Waals surface area contributed by atoms with Crippen molar-refractivity contribution >= 4 is 5.91 Å². The highest BCUT2D eigenvalue weighted by Gasteiger charge is 2.20. The fourth-order valence-corrected chi connectivity index (χ4v) is 3.08. The second-order valence-electron chi connectivity index (χ2n) is 7.05. The lowest BCUT2D eigenvalue weighted by molar-refractivity contribution is -0.131. The van der Waals surface area contributed by atoms with Crippen molar-refractivity contribution in [2.45, 2.75) is 46.7 Å². The number of hydrogen-bond donors (Lipinski definition) is 0. The van der Waals surface area contributed by atoms with Gasteiger partial charge in [0.25, 0.3) is 0 Å². The number of nitrogens with zero attached hydrogens (tertiary/aromatic N) is 7. The lowest BCUT2D eigenvalue weighted by Gasteiger charge is -2.29. The van der Waals surface area contributed by atoms with E-state index in [1.165, 1.54) is 12.8 Å². The van der Waals surface area contributed by atoms with E-state index in [1.54, 1.807) is 9.58 Å². The van der Waals surface area contributed by atoms with Crippen LogP contribution in [0, 0.1) is 5.92 Å². The highest BCUT2D eigenvalue weighted by Crippen LogP contribution is 2.17. The summed E-state index contributed by atoms with van der Waals surface area (Å²) in [6.07, 6.45) is 2.43. The van der Waals surface area contributed by atoms with Gasteiger partial charge in [-0.25, -0.2) is 4.68 Å². The number of carbonyl (C=O) groups is 1. The fourth-order valence-electron chi connectivity index (χ4n) is 3.08. The van der Waals surface area contributed by atoms with Crippen molar-refractivity contribution in [2.24, 2.45) is 5.92 Å². The molecule has 8 nitrogen and oxygen atoms in total. The molecule has 2 rings (SSSR count). The molecule has 0 aromatic carbocycles. The van der Waals surface area contributed by atoms with Gasteiger partial charge >= 0.3 is 0 Å². The van der Waals surface area contributed by atoms with Gasteiger partial charge in [0.2, 0.25) is 5.91 Å². The maximum absolute atomic E-state index is 12.5. The zero-order chi connectivity index (χ0) is 18.2. The van der Waals surface area contributed by atoms with E-state index in [9.17, 15) is 4.79 Å². The van der Waals surface area contributed by atoms with Crippen molar-refractivity contribution < 1.29 is 4.79 Å². The smallest absolute Gasteiger partial charge is 0.244 e. The molecule has 1 fully saturated rings. The summed E-state index contributed by atoms with van der Waals surface area (Å²) in [5, 5.41) is 11.9. The second-order valence-corrected chi connectivity index (χ2v) is 7.05. The number of carbonyl (C=O) groups excluding carboxylic acids is 1. The van der Waals surface area contributed by atoms with Crippen LogP contribution in [0.5, 0.6) is 0 Å². The third-order valence-corrected chi connectivity index (χ3v) is 5.20. The zero-order valence-electron chi connectivity index (χ0n) is 16.2. The van der Waals surface area contributed by atoms with Crippen molar-refractivity contribution in [1.82, 2.24) is 34.9 Å². The molecule has 8 heteroatoms. The average Bonchev–Trinajstić information content (AvgIpc) is 3.04. The van der Waals surface area contributed by atoms with Gasteiger partial charge in [0, 0.05) is 20.1 Å². The number of amides is 1. The summed E-state index contributed by atoms with van der Waals surface area (Å²) < 4.78 is 1.65. The standard InChI is InChI=1S/C17H33N7O/c1-5-22(6-2)12-11-21(4)17(25)14-24-16(18-19-20-24)13-23-9-7-15(3)8-10-23/h15H,5-14H2,1-4H3. The van der Waals surface area contributed by atoms with E-state index < -0.39 is 0 Å². The number of tetrazole rings is 1. The van der Waals surface area contributed by atoms with Crippen LogP contribution in [0.25, 0.3) is 0 Å². The van der Waals surface area contributed by atoms with Crippen LogP contribution in [0.15, 0.2) is 0 Å². The predicted octanol–water partition coefficient (Wildman–Crippen LogP) is 0.705. The van der Waals surface area contributed by atoms with E-state index in [4.69, 9.17) is 0 Å². The molecule has 0 N–H and O–H groups in total. The Morgan fingerprint density at radius 3 is 2.52 bits per heavy atom. The summed E-state index contributed by atoms with van der Waals surface area (Å²) in [6.45, 7) is 13.3. The van der Waals surface area contributed by atoms with Crippen molar-refractivity contribution in [3.63, 3.8) is 0 Å². The van der Waals surface area contributed by atoms with Crippen LogP contribution in [-0.4, -0.2) is 87.1 Å². The maximum Gasteiger partial charge on any atom is 0.244 e. The van der Waals surface area contributed by atoms with Gasteiger partial charge in [-0.15, -0.1) is 5.10 Å². The average molecular weight is 351 g/mol. The van der Waals surface area contributed by atoms with Gasteiger partial charge in [0.1, 0.15) is 6.54 Å². The van der Waals surface area contributed by atoms with Gasteiger partial charge in [0.15, 0.2) is 5.82 Å². The SMILES string of the molecule is CCN(CC)CCN(C)C(=O)Cn1nnnc1CN1CCC(C)CC1. The van der Waals surface area contributed by atoms with E-state index in [2.05, 4.69) is 46.1 Å². The third kappa shape index (κ3) is 6.04. The minimum Gasteiger partial charge on any atom is -0.343 e. The topological polar surface area (TPSA) is 70.4 Å². The Morgan fingerprint density at radius 1 is 1.20 bits per heavy atom. The van der Waals surface area contributed by atoms with E-state index in [0.29, 0.717) is 0 Å². The molecule has 1 aliphatic rings. The van der Waals surface area contributed by atoms with E-state index >= 15 is 0 Å². The van der Waals surface area contributed by atoms with Crippen molar-refractivity contribution in [3.8, 4) is 0 Å². The van der Waals surface area contributed by atoms with Crippen LogP contribution >= 0.6 is 0 Å². The van der Waals surface area contributed by atoms with Crippen molar-refractivity contribution in [3.05, 3.63) is 5.82 Å². The summed E-state index contributed by atoms with van der Waals surface area (Å²) in [6, 6.07) is 0. The number of likely N-dealkylation sites (N-methyl/N-ethyl adjacent to an activating group) is 2. The van der Waals surface area contributed by atoms with Gasteiger partial charge in [-0.05, 0) is 55.4 Å². The summed E-state index contributed by atoms with van der Waals surface area (Å²) >= 11 is 0. The first kappa shape index (κ1) is 19.8. The lowest BCUT2D eigenvalue weighted by Crippen LogP contribution is -2.38. The molecule has 0 bridgehead atoms. The number of rotatable bonds is 9. The fraction of sp³-hybridized carbons (Fsp3) is 0.882. The number of aromatic nitrogens is 4. The van der Waals surface area contributed by atoms with Crippen LogP contribution in [-0.2, 0) is 17.9 Å². The molecule has 0 atom stereocenters. The predicted molar refractivity (Wildman–Crippen MR) is 96.9 cm³/mol. The molecule has 1 saturated heterocycles. The molecule has 1 aliphatic heterocycles. The minimum absolute atomic E-state index is 0.0490. The summed E-state index contributed by atoms with van der Waals surface area (Å²) in [4.78, 5) is 18.9. The van der Waals surface area contributed by atoms with Gasteiger partial charge < -0.3 is 9.80 Å². The normalized spacial score (nSPS) is 16.5. The van der Waals surface area contributed by atoms with Gasteiger partial charge in [-0.3, -0.25) is 9.69 Å². The number of likely N-dealkylation sites (tertiary alicyclic amines) is 1. The molecule has 0 saturated carbocycles. The second kappa shape index (κ2) is 9.82. The Bertz CT molecular complexity index is 521. The van der Waals surface area contributed by atoms with E-state index in [0.717, 1.165) is 57.6 Å². The Morgan fingerprint density at radius 2 is 1.88 bits per heavy atom. The van der Waals surface area contributed by atoms with Crippen LogP contribution in [0.4, 0.5) is 0 Å². The molecule has 2 heterocycles. The van der Waals surface area contributed by atoms with E-state index in [-0.39, 0.29) is 12.5 Å². The third-order valence-electron chi connectivity index (χ3n) is 5.20. The Kier molecular flexibility index (Phi) is 7.77. The Hall–Kier alpha value is -1.54. The first-order valence-corrected chi connectivity index (χ1v) is 9.47. The first-order chi connectivity index (χ1) is 12.0. The van der Waals surface area contributed by atoms with E-state index in [1.807, 2.05) is 7.05 Å². The lowest BCUT2D eigenvalue weighted by atomic mass is 9.99. The molecule has 1 aromatic heterocycles. The van der Waals surface area contributed by atoms with Gasteiger partial charge in [0.05, 0.1) is 6.54 Å². The molecular formula is C17H33N7O. The van der Waals surface area contributed by atoms with Crippen molar-refractivity contribution in [1.29, 1.82) is 0 Å². The molecule has 142 valence electrons. The van der Waals surface area contributed by atoms with Crippen LogP contribution in [0.3, 0.4) is 0 Å².